The van der Waals surface area contributed by atoms with Crippen molar-refractivity contribution in [2.75, 3.05) is 0 Å². The van der Waals surface area contributed by atoms with Crippen LogP contribution in [0.25, 0.3) is 110 Å². The fourth-order valence-electron chi connectivity index (χ4n) is 9.82. The molecule has 0 fully saturated rings. The van der Waals surface area contributed by atoms with Gasteiger partial charge in [-0.1, -0.05) is 149 Å². The molecule has 0 saturated carbocycles. The van der Waals surface area contributed by atoms with Crippen LogP contribution in [-0.2, 0) is 14.1 Å². The first-order valence-electron chi connectivity index (χ1n) is 21.3. The van der Waals surface area contributed by atoms with Crippen LogP contribution in [0.3, 0.4) is 0 Å². The van der Waals surface area contributed by atoms with Gasteiger partial charge in [0.05, 0.1) is 24.9 Å². The van der Waals surface area contributed by atoms with Crippen LogP contribution in [-0.4, -0.2) is 9.36 Å². The molecule has 0 aliphatic heterocycles. The second kappa shape index (κ2) is 14.3. The highest BCUT2D eigenvalue weighted by Crippen LogP contribution is 2.45. The normalized spacial score (nSPS) is 11.7. The monoisotopic (exact) mass is 794 g/mol. The highest BCUT2D eigenvalue weighted by molar-refractivity contribution is 6.20. The predicted octanol–water partition coefficient (Wildman–Crippen LogP) is 13.4. The lowest BCUT2D eigenvalue weighted by molar-refractivity contribution is -0.679. The number of fused-ring (bicyclic) bond motifs is 5. The molecule has 0 atom stereocenters. The van der Waals surface area contributed by atoms with Crippen molar-refractivity contribution in [1.82, 2.24) is 9.36 Å². The third-order valence-corrected chi connectivity index (χ3v) is 12.9. The average molecular weight is 795 g/mol. The maximum Gasteiger partial charge on any atom is 0.235 e. The lowest BCUT2D eigenvalue weighted by atomic mass is 9.84. The molecular formula is C58H42N4+2. The third kappa shape index (κ3) is 5.76. The Kier molecular flexibility index (Phi) is 8.26. The Morgan fingerprint density at radius 3 is 1.34 bits per heavy atom. The summed E-state index contributed by atoms with van der Waals surface area (Å²) in [5, 5.41) is 9.78. The molecule has 292 valence electrons. The van der Waals surface area contributed by atoms with Gasteiger partial charge in [0.25, 0.3) is 0 Å². The van der Waals surface area contributed by atoms with E-state index in [9.17, 15) is 0 Å². The topological polar surface area (TPSA) is 17.6 Å². The number of nitrogens with zero attached hydrogens (tertiary/aromatic N) is 4. The minimum atomic E-state index is 1.13. The van der Waals surface area contributed by atoms with Gasteiger partial charge in [-0.25, -0.2) is 0 Å². The maximum absolute atomic E-state index is 2.46. The second-order valence-corrected chi connectivity index (χ2v) is 16.4. The smallest absolute Gasteiger partial charge is 0.150 e. The molecular weight excluding hydrogens is 753 g/mol. The maximum atomic E-state index is 2.46. The van der Waals surface area contributed by atoms with E-state index in [1.54, 1.807) is 0 Å². The van der Waals surface area contributed by atoms with E-state index in [0.717, 1.165) is 11.4 Å². The molecule has 12 aromatic rings. The van der Waals surface area contributed by atoms with Crippen LogP contribution < -0.4 is 9.36 Å². The van der Waals surface area contributed by atoms with Crippen LogP contribution in [0.5, 0.6) is 0 Å². The van der Waals surface area contributed by atoms with Gasteiger partial charge >= 0.3 is 0 Å². The van der Waals surface area contributed by atoms with E-state index in [4.69, 9.17) is 0 Å². The lowest BCUT2D eigenvalue weighted by Gasteiger charge is -2.19. The molecule has 0 bridgehead atoms. The quantitative estimate of drug-likeness (QED) is 0.118. The van der Waals surface area contributed by atoms with Crippen LogP contribution in [0.4, 0.5) is 0 Å². The van der Waals surface area contributed by atoms with Crippen LogP contribution >= 0.6 is 0 Å². The number of hydrogen-bond donors (Lipinski definition) is 0. The summed E-state index contributed by atoms with van der Waals surface area (Å²) in [5.74, 6) is 0. The van der Waals surface area contributed by atoms with Crippen molar-refractivity contribution in [2.45, 2.75) is 0 Å². The fraction of sp³-hybridized carbons (Fsp3) is 0.0345. The number of benzene rings is 10. The van der Waals surface area contributed by atoms with Crippen molar-refractivity contribution in [1.29, 1.82) is 0 Å². The molecule has 10 aromatic carbocycles. The Morgan fingerprint density at radius 2 is 0.790 bits per heavy atom. The summed E-state index contributed by atoms with van der Waals surface area (Å²) in [5.41, 5.74) is 14.3. The minimum absolute atomic E-state index is 1.13. The molecule has 62 heavy (non-hydrogen) atoms. The van der Waals surface area contributed by atoms with Crippen LogP contribution in [0, 0.1) is 0 Å². The van der Waals surface area contributed by atoms with E-state index < -0.39 is 0 Å². The Bertz CT molecular complexity index is 3510. The predicted molar refractivity (Wildman–Crippen MR) is 257 cm³/mol. The molecule has 0 aliphatic carbocycles. The zero-order chi connectivity index (χ0) is 41.3. The van der Waals surface area contributed by atoms with Gasteiger partial charge in [0.1, 0.15) is 11.0 Å². The van der Waals surface area contributed by atoms with Gasteiger partial charge in [0.2, 0.25) is 23.8 Å². The molecule has 2 heterocycles. The first-order chi connectivity index (χ1) is 30.6. The van der Waals surface area contributed by atoms with E-state index >= 15 is 0 Å². The zero-order valence-electron chi connectivity index (χ0n) is 34.6. The molecule has 0 unspecified atom stereocenters. The first-order valence-corrected chi connectivity index (χ1v) is 21.3. The highest BCUT2D eigenvalue weighted by atomic mass is 15.4. The summed E-state index contributed by atoms with van der Waals surface area (Å²) in [7, 11) is 4.30. The number of hydrogen-bond acceptors (Lipinski definition) is 0. The number of para-hydroxylation sites is 2. The second-order valence-electron chi connectivity index (χ2n) is 16.4. The standard InChI is InChI=1S/C58H42N4/c1-59-56-34-41(28-30-43(56)37-61(59)46-19-8-4-9-20-46)49-24-14-26-51-54(49)36-55-50(42-29-31-44-38-62(60(2)57(44)35-42)47-21-10-5-11-22-47)25-15-27-52(55)58(51)45-32-40-18-12-13-23-48(40)53(33-45)39-16-6-3-7-17-39/h3-38H,1-2H3/q+2. The van der Waals surface area contributed by atoms with Gasteiger partial charge in [0.15, 0.2) is 0 Å². The number of rotatable bonds is 6. The zero-order valence-corrected chi connectivity index (χ0v) is 34.6. The molecule has 0 spiro atoms. The van der Waals surface area contributed by atoms with E-state index in [1.807, 2.05) is 0 Å². The number of aromatic nitrogens is 4. The van der Waals surface area contributed by atoms with Gasteiger partial charge in [-0.15, -0.1) is 0 Å². The summed E-state index contributed by atoms with van der Waals surface area (Å²) < 4.78 is 8.95. The van der Waals surface area contributed by atoms with Gasteiger partial charge in [-0.05, 0) is 119 Å². The van der Waals surface area contributed by atoms with Crippen molar-refractivity contribution < 1.29 is 9.36 Å². The van der Waals surface area contributed by atoms with Gasteiger partial charge in [0, 0.05) is 24.3 Å². The SMILES string of the molecule is Cn1c2cc(-c3cccc4c(-c5cc(-c6ccccc6)c6ccccc6c5)c5cccc(-c6ccc7c[n+](-c8ccccc8)n(C)c7c6)c5cc34)ccc2c[n+]1-c1ccccc1. The van der Waals surface area contributed by atoms with Crippen LogP contribution in [0.2, 0.25) is 0 Å². The molecule has 12 rings (SSSR count). The van der Waals surface area contributed by atoms with E-state index in [0.29, 0.717) is 0 Å². The Labute approximate surface area is 360 Å². The first kappa shape index (κ1) is 35.8. The molecule has 2 aromatic heterocycles. The summed E-state index contributed by atoms with van der Waals surface area (Å²) in [6, 6.07) is 75.5. The molecule has 4 nitrogen and oxygen atoms in total. The summed E-state index contributed by atoms with van der Waals surface area (Å²) >= 11 is 0. The molecule has 0 amide bonds. The summed E-state index contributed by atoms with van der Waals surface area (Å²) in [4.78, 5) is 0. The molecule has 0 saturated heterocycles. The van der Waals surface area contributed by atoms with E-state index in [2.05, 4.69) is 251 Å². The van der Waals surface area contributed by atoms with Crippen molar-refractivity contribution in [3.8, 4) is 55.9 Å². The van der Waals surface area contributed by atoms with Crippen molar-refractivity contribution >= 4 is 54.1 Å². The molecule has 0 N–H and O–H groups in total. The van der Waals surface area contributed by atoms with Gasteiger partial charge < -0.3 is 0 Å². The summed E-state index contributed by atoms with van der Waals surface area (Å²) in [6.45, 7) is 0. The lowest BCUT2D eigenvalue weighted by Crippen LogP contribution is -2.38. The number of aryl methyl sites for hydroxylation is 2. The van der Waals surface area contributed by atoms with E-state index in [1.165, 1.54) is 98.6 Å². The molecule has 0 aliphatic rings. The highest BCUT2D eigenvalue weighted by Gasteiger charge is 2.22. The van der Waals surface area contributed by atoms with Gasteiger partial charge in [-0.2, -0.15) is 9.36 Å². The Balaban J connectivity index is 1.14. The Morgan fingerprint density at radius 1 is 0.306 bits per heavy atom. The molecule has 0 radical (unpaired) electrons. The van der Waals surface area contributed by atoms with Crippen LogP contribution in [0.15, 0.2) is 219 Å². The van der Waals surface area contributed by atoms with Gasteiger partial charge in [-0.3, -0.25) is 0 Å². The van der Waals surface area contributed by atoms with Crippen molar-refractivity contribution in [3.63, 3.8) is 0 Å². The van der Waals surface area contributed by atoms with Crippen molar-refractivity contribution in [3.05, 3.63) is 219 Å². The van der Waals surface area contributed by atoms with Crippen LogP contribution in [0.1, 0.15) is 0 Å². The average Bonchev–Trinajstić information content (AvgIpc) is 3.85. The third-order valence-electron chi connectivity index (χ3n) is 12.9. The summed E-state index contributed by atoms with van der Waals surface area (Å²) in [6.07, 6.45) is 4.45. The van der Waals surface area contributed by atoms with E-state index in [-0.39, 0.29) is 0 Å². The fourth-order valence-corrected chi connectivity index (χ4v) is 9.82. The molecule has 4 heteroatoms. The largest absolute Gasteiger partial charge is 0.235 e. The Hall–Kier alpha value is -8.08. The minimum Gasteiger partial charge on any atom is -0.150 e. The van der Waals surface area contributed by atoms with Crippen molar-refractivity contribution in [2.24, 2.45) is 14.1 Å².